The topological polar surface area (TPSA) is 92.4 Å². The molecule has 0 radical (unpaired) electrons. The molecule has 28 heavy (non-hydrogen) atoms. The molecule has 2 aromatic rings. The average Bonchev–Trinajstić information content (AvgIpc) is 3.19. The summed E-state index contributed by atoms with van der Waals surface area (Å²) in [5, 5.41) is 3.86. The molecule has 0 N–H and O–H groups in total. The van der Waals surface area contributed by atoms with Gasteiger partial charge in [0.05, 0.1) is 5.56 Å². The first-order valence-corrected chi connectivity index (χ1v) is 9.74. The van der Waals surface area contributed by atoms with Crippen LogP contribution in [0.4, 0.5) is 0 Å². The van der Waals surface area contributed by atoms with Gasteiger partial charge < -0.3 is 14.3 Å². The van der Waals surface area contributed by atoms with Gasteiger partial charge in [0.2, 0.25) is 11.8 Å². The maximum atomic E-state index is 12.6. The molecule has 8 nitrogen and oxygen atoms in total. The highest BCUT2D eigenvalue weighted by atomic mass is 16.5. The lowest BCUT2D eigenvalue weighted by atomic mass is 9.93. The maximum Gasteiger partial charge on any atom is 0.254 e. The molecule has 1 unspecified atom stereocenters. The smallest absolute Gasteiger partial charge is 0.254 e. The molecular formula is C20H27N5O3. The highest BCUT2D eigenvalue weighted by Crippen LogP contribution is 2.26. The van der Waals surface area contributed by atoms with Crippen molar-refractivity contribution in [3.05, 3.63) is 41.3 Å². The van der Waals surface area contributed by atoms with Gasteiger partial charge in [0.25, 0.3) is 5.91 Å². The van der Waals surface area contributed by atoms with Crippen LogP contribution in [-0.2, 0) is 17.6 Å². The van der Waals surface area contributed by atoms with Crippen molar-refractivity contribution in [2.24, 2.45) is 0 Å². The lowest BCUT2D eigenvalue weighted by molar-refractivity contribution is -0.132. The van der Waals surface area contributed by atoms with Gasteiger partial charge in [0, 0.05) is 64.3 Å². The van der Waals surface area contributed by atoms with E-state index in [0.29, 0.717) is 36.7 Å². The molecule has 3 rings (SSSR count). The third kappa shape index (κ3) is 4.74. The fourth-order valence-corrected chi connectivity index (χ4v) is 3.38. The zero-order valence-corrected chi connectivity index (χ0v) is 16.7. The van der Waals surface area contributed by atoms with E-state index in [1.54, 1.807) is 20.3 Å². The Morgan fingerprint density at radius 2 is 2.14 bits per heavy atom. The summed E-state index contributed by atoms with van der Waals surface area (Å²) in [6, 6.07) is 3.71. The van der Waals surface area contributed by atoms with E-state index in [2.05, 4.69) is 15.1 Å². The van der Waals surface area contributed by atoms with Gasteiger partial charge in [-0.1, -0.05) is 12.1 Å². The molecule has 0 bridgehead atoms. The lowest BCUT2D eigenvalue weighted by Gasteiger charge is -2.32. The lowest BCUT2D eigenvalue weighted by Crippen LogP contribution is -2.39. The van der Waals surface area contributed by atoms with Crippen LogP contribution in [0.3, 0.4) is 0 Å². The number of hydrogen-bond acceptors (Lipinski definition) is 6. The van der Waals surface area contributed by atoms with Crippen LogP contribution in [-0.4, -0.2) is 63.9 Å². The molecule has 0 saturated carbocycles. The van der Waals surface area contributed by atoms with Gasteiger partial charge in [-0.15, -0.1) is 0 Å². The van der Waals surface area contributed by atoms with Crippen LogP contribution in [0.2, 0.25) is 0 Å². The third-order valence-corrected chi connectivity index (χ3v) is 5.01. The Morgan fingerprint density at radius 3 is 2.79 bits per heavy atom. The fraction of sp³-hybridized carbons (Fsp3) is 0.550. The van der Waals surface area contributed by atoms with E-state index in [1.165, 1.54) is 4.90 Å². The first-order valence-electron chi connectivity index (χ1n) is 9.74. The van der Waals surface area contributed by atoms with Crippen molar-refractivity contribution in [3.63, 3.8) is 0 Å². The summed E-state index contributed by atoms with van der Waals surface area (Å²) >= 11 is 0. The van der Waals surface area contributed by atoms with Crippen molar-refractivity contribution in [2.45, 2.75) is 44.9 Å². The summed E-state index contributed by atoms with van der Waals surface area (Å²) in [5.41, 5.74) is 1.50. The number of aromatic nitrogens is 3. The summed E-state index contributed by atoms with van der Waals surface area (Å²) < 4.78 is 5.16. The number of pyridine rings is 1. The second-order valence-electron chi connectivity index (χ2n) is 7.31. The Balaban J connectivity index is 1.57. The number of nitrogens with zero attached hydrogens (tertiary/aromatic N) is 5. The molecule has 8 heteroatoms. The number of likely N-dealkylation sites (tertiary alicyclic amines) is 1. The molecule has 1 saturated heterocycles. The van der Waals surface area contributed by atoms with Gasteiger partial charge in [-0.2, -0.15) is 4.98 Å². The molecule has 1 atom stereocenters. The largest absolute Gasteiger partial charge is 0.345 e. The number of carbonyl (C=O) groups excluding carboxylic acids is 2. The van der Waals surface area contributed by atoms with E-state index in [9.17, 15) is 9.59 Å². The van der Waals surface area contributed by atoms with Crippen molar-refractivity contribution >= 4 is 11.8 Å². The number of amides is 2. The van der Waals surface area contributed by atoms with Gasteiger partial charge >= 0.3 is 0 Å². The standard InChI is InChI=1S/C20H27N5O3/c1-4-17-22-18(28-23-17)9-10-19(26)25-11-5-6-15(13-25)16-8-7-14(12-21-16)20(27)24(2)3/h7-8,12,15H,4-6,9-11,13H2,1-3H3. The van der Waals surface area contributed by atoms with Crippen LogP contribution >= 0.6 is 0 Å². The molecule has 1 fully saturated rings. The van der Waals surface area contributed by atoms with Crippen LogP contribution in [0.1, 0.15) is 59.9 Å². The van der Waals surface area contributed by atoms with Crippen molar-refractivity contribution < 1.29 is 14.1 Å². The zero-order chi connectivity index (χ0) is 20.1. The first kappa shape index (κ1) is 20.0. The van der Waals surface area contributed by atoms with E-state index in [0.717, 1.165) is 31.5 Å². The van der Waals surface area contributed by atoms with E-state index in [1.807, 2.05) is 24.0 Å². The number of piperidine rings is 1. The minimum atomic E-state index is -0.0632. The van der Waals surface area contributed by atoms with E-state index in [4.69, 9.17) is 4.52 Å². The molecule has 0 spiro atoms. The third-order valence-electron chi connectivity index (χ3n) is 5.01. The van der Waals surface area contributed by atoms with E-state index in [-0.39, 0.29) is 17.7 Å². The van der Waals surface area contributed by atoms with E-state index >= 15 is 0 Å². The van der Waals surface area contributed by atoms with E-state index < -0.39 is 0 Å². The fourth-order valence-electron chi connectivity index (χ4n) is 3.38. The summed E-state index contributed by atoms with van der Waals surface area (Å²) in [6.07, 6.45) is 5.10. The van der Waals surface area contributed by atoms with Crippen LogP contribution in [0.15, 0.2) is 22.9 Å². The highest BCUT2D eigenvalue weighted by Gasteiger charge is 2.26. The number of hydrogen-bond donors (Lipinski definition) is 0. The molecule has 150 valence electrons. The number of carbonyl (C=O) groups is 2. The molecule has 0 aliphatic carbocycles. The van der Waals surface area contributed by atoms with Crippen molar-refractivity contribution in [1.82, 2.24) is 24.9 Å². The Kier molecular flexibility index (Phi) is 6.38. The predicted molar refractivity (Wildman–Crippen MR) is 103 cm³/mol. The molecule has 1 aliphatic heterocycles. The summed E-state index contributed by atoms with van der Waals surface area (Å²) in [7, 11) is 3.44. The Hall–Kier alpha value is -2.77. The highest BCUT2D eigenvalue weighted by molar-refractivity contribution is 5.93. The number of aryl methyl sites for hydroxylation is 2. The second kappa shape index (κ2) is 8.95. The normalized spacial score (nSPS) is 16.8. The van der Waals surface area contributed by atoms with Crippen molar-refractivity contribution in [1.29, 1.82) is 0 Å². The maximum absolute atomic E-state index is 12.6. The molecule has 3 heterocycles. The van der Waals surface area contributed by atoms with Gasteiger partial charge in [-0.05, 0) is 25.0 Å². The minimum absolute atomic E-state index is 0.0632. The molecule has 2 aromatic heterocycles. The molecule has 0 aromatic carbocycles. The van der Waals surface area contributed by atoms with Crippen LogP contribution in [0.5, 0.6) is 0 Å². The quantitative estimate of drug-likeness (QED) is 0.756. The predicted octanol–water partition coefficient (Wildman–Crippen LogP) is 2.07. The second-order valence-corrected chi connectivity index (χ2v) is 7.31. The van der Waals surface area contributed by atoms with Crippen LogP contribution < -0.4 is 0 Å². The monoisotopic (exact) mass is 385 g/mol. The Bertz CT molecular complexity index is 816. The summed E-state index contributed by atoms with van der Waals surface area (Å²) in [4.78, 5) is 36.8. The zero-order valence-electron chi connectivity index (χ0n) is 16.7. The number of rotatable bonds is 6. The summed E-state index contributed by atoms with van der Waals surface area (Å²) in [5.74, 6) is 1.41. The molecule has 1 aliphatic rings. The minimum Gasteiger partial charge on any atom is -0.345 e. The van der Waals surface area contributed by atoms with Gasteiger partial charge in [-0.25, -0.2) is 0 Å². The van der Waals surface area contributed by atoms with Crippen LogP contribution in [0, 0.1) is 0 Å². The Labute approximate surface area is 164 Å². The van der Waals surface area contributed by atoms with Gasteiger partial charge in [0.1, 0.15) is 0 Å². The molecular weight excluding hydrogens is 358 g/mol. The summed E-state index contributed by atoms with van der Waals surface area (Å²) in [6.45, 7) is 3.37. The van der Waals surface area contributed by atoms with Gasteiger partial charge in [-0.3, -0.25) is 14.6 Å². The average molecular weight is 385 g/mol. The van der Waals surface area contributed by atoms with Crippen molar-refractivity contribution in [2.75, 3.05) is 27.2 Å². The van der Waals surface area contributed by atoms with Crippen LogP contribution in [0.25, 0.3) is 0 Å². The molecule has 2 amide bonds. The van der Waals surface area contributed by atoms with Gasteiger partial charge in [0.15, 0.2) is 5.82 Å². The first-order chi connectivity index (χ1) is 13.5. The Morgan fingerprint density at radius 1 is 1.32 bits per heavy atom. The SMILES string of the molecule is CCc1noc(CCC(=O)N2CCCC(c3ccc(C(=O)N(C)C)cn3)C2)n1. The van der Waals surface area contributed by atoms with Crippen molar-refractivity contribution in [3.8, 4) is 0 Å².